The summed E-state index contributed by atoms with van der Waals surface area (Å²) in [6.07, 6.45) is 4.60. The van der Waals surface area contributed by atoms with Gasteiger partial charge in [-0.3, -0.25) is 9.74 Å². The molecule has 0 aromatic heterocycles. The summed E-state index contributed by atoms with van der Waals surface area (Å²) in [5.74, 6) is 2.12. The standard InChI is InChI=1S/C16H28N2O2/c1-10-5-6-12-13(7-10)20-15-14-11(9-19-17(14)4)8-18(15)16(12,2)3/h10-15H,5-9H2,1-4H3/t10-,11+,12-,13-,14-,15+/m1/s1. The number of hydrogen-bond donors (Lipinski definition) is 0. The maximum Gasteiger partial charge on any atom is 0.129 e. The Bertz CT molecular complexity index is 400. The van der Waals surface area contributed by atoms with Gasteiger partial charge in [-0.2, -0.15) is 5.06 Å². The van der Waals surface area contributed by atoms with E-state index in [2.05, 4.69) is 37.8 Å². The largest absolute Gasteiger partial charge is 0.358 e. The molecule has 114 valence electrons. The molecule has 4 nitrogen and oxygen atoms in total. The lowest BCUT2D eigenvalue weighted by atomic mass is 9.70. The van der Waals surface area contributed by atoms with Crippen molar-refractivity contribution < 1.29 is 9.57 Å². The molecule has 1 aliphatic carbocycles. The molecule has 0 aromatic carbocycles. The van der Waals surface area contributed by atoms with E-state index in [1.165, 1.54) is 19.3 Å². The predicted octanol–water partition coefficient (Wildman–Crippen LogP) is 2.10. The predicted molar refractivity (Wildman–Crippen MR) is 76.9 cm³/mol. The summed E-state index contributed by atoms with van der Waals surface area (Å²) >= 11 is 0. The maximum absolute atomic E-state index is 6.61. The molecule has 3 heterocycles. The van der Waals surface area contributed by atoms with Gasteiger partial charge in [0.1, 0.15) is 6.23 Å². The van der Waals surface area contributed by atoms with Gasteiger partial charge in [0, 0.05) is 31.0 Å². The molecule has 0 aromatic rings. The van der Waals surface area contributed by atoms with Crippen LogP contribution in [0.4, 0.5) is 0 Å². The van der Waals surface area contributed by atoms with Gasteiger partial charge in [-0.1, -0.05) is 13.3 Å². The van der Waals surface area contributed by atoms with Gasteiger partial charge in [-0.15, -0.1) is 0 Å². The van der Waals surface area contributed by atoms with E-state index in [9.17, 15) is 0 Å². The van der Waals surface area contributed by atoms with E-state index in [4.69, 9.17) is 9.57 Å². The molecule has 6 atom stereocenters. The van der Waals surface area contributed by atoms with Crippen molar-refractivity contribution in [2.75, 3.05) is 20.2 Å². The van der Waals surface area contributed by atoms with Crippen molar-refractivity contribution in [1.29, 1.82) is 0 Å². The first kappa shape index (κ1) is 13.5. The third-order valence-electron chi connectivity index (χ3n) is 6.44. The lowest BCUT2D eigenvalue weighted by molar-refractivity contribution is -0.250. The van der Waals surface area contributed by atoms with Gasteiger partial charge in [0.15, 0.2) is 0 Å². The molecule has 0 N–H and O–H groups in total. The Hall–Kier alpha value is -0.160. The van der Waals surface area contributed by atoms with E-state index < -0.39 is 0 Å². The Morgan fingerprint density at radius 1 is 1.20 bits per heavy atom. The van der Waals surface area contributed by atoms with Crippen molar-refractivity contribution in [1.82, 2.24) is 9.96 Å². The van der Waals surface area contributed by atoms with Gasteiger partial charge in [-0.25, -0.2) is 0 Å². The van der Waals surface area contributed by atoms with Crippen LogP contribution >= 0.6 is 0 Å². The Labute approximate surface area is 122 Å². The normalized spacial score (nSPS) is 51.6. The highest BCUT2D eigenvalue weighted by Gasteiger charge is 2.59. The van der Waals surface area contributed by atoms with E-state index >= 15 is 0 Å². The van der Waals surface area contributed by atoms with Crippen molar-refractivity contribution >= 4 is 0 Å². The average Bonchev–Trinajstić information content (AvgIpc) is 2.91. The second kappa shape index (κ2) is 4.42. The third-order valence-corrected chi connectivity index (χ3v) is 6.44. The Morgan fingerprint density at radius 2 is 2.00 bits per heavy atom. The van der Waals surface area contributed by atoms with Crippen molar-refractivity contribution in [2.45, 2.75) is 63.9 Å². The molecule has 0 unspecified atom stereocenters. The zero-order valence-corrected chi connectivity index (χ0v) is 13.2. The molecule has 0 amide bonds. The van der Waals surface area contributed by atoms with E-state index in [1.807, 2.05) is 0 Å². The van der Waals surface area contributed by atoms with Crippen molar-refractivity contribution in [3.8, 4) is 0 Å². The Balaban J connectivity index is 1.64. The van der Waals surface area contributed by atoms with E-state index in [0.717, 1.165) is 19.1 Å². The van der Waals surface area contributed by atoms with Crippen LogP contribution in [0.2, 0.25) is 0 Å². The van der Waals surface area contributed by atoms with E-state index in [-0.39, 0.29) is 11.8 Å². The molecule has 4 aliphatic rings. The number of fused-ring (bicyclic) bond motifs is 4. The minimum atomic E-state index is 0.231. The van der Waals surface area contributed by atoms with Gasteiger partial charge in [0.05, 0.1) is 18.8 Å². The average molecular weight is 280 g/mol. The van der Waals surface area contributed by atoms with Crippen molar-refractivity contribution in [3.63, 3.8) is 0 Å². The summed E-state index contributed by atoms with van der Waals surface area (Å²) in [5, 5.41) is 2.05. The molecule has 3 aliphatic heterocycles. The summed E-state index contributed by atoms with van der Waals surface area (Å²) in [5.41, 5.74) is 0.263. The second-order valence-electron chi connectivity index (χ2n) is 7.99. The molecule has 0 radical (unpaired) electrons. The monoisotopic (exact) mass is 280 g/mol. The summed E-state index contributed by atoms with van der Waals surface area (Å²) in [7, 11) is 2.07. The molecular weight excluding hydrogens is 252 g/mol. The number of ether oxygens (including phenoxy) is 1. The molecule has 4 heteroatoms. The summed E-state index contributed by atoms with van der Waals surface area (Å²) in [4.78, 5) is 8.36. The molecule has 0 spiro atoms. The third kappa shape index (κ3) is 1.75. The highest BCUT2D eigenvalue weighted by molar-refractivity contribution is 5.08. The van der Waals surface area contributed by atoms with Crippen molar-refractivity contribution in [3.05, 3.63) is 0 Å². The second-order valence-corrected chi connectivity index (χ2v) is 7.99. The van der Waals surface area contributed by atoms with Gasteiger partial charge < -0.3 is 4.74 Å². The smallest absolute Gasteiger partial charge is 0.129 e. The van der Waals surface area contributed by atoms with Crippen LogP contribution in [0, 0.1) is 17.8 Å². The Kier molecular flexibility index (Phi) is 2.98. The first-order valence-corrected chi connectivity index (χ1v) is 8.26. The van der Waals surface area contributed by atoms with Gasteiger partial charge in [-0.05, 0) is 32.6 Å². The highest BCUT2D eigenvalue weighted by atomic mass is 16.7. The van der Waals surface area contributed by atoms with Gasteiger partial charge >= 0.3 is 0 Å². The number of hydroxylamine groups is 2. The zero-order chi connectivity index (χ0) is 14.1. The maximum atomic E-state index is 6.61. The zero-order valence-electron chi connectivity index (χ0n) is 13.2. The fraction of sp³-hybridized carbons (Fsp3) is 1.00. The number of rotatable bonds is 0. The van der Waals surface area contributed by atoms with E-state index in [0.29, 0.717) is 24.0 Å². The van der Waals surface area contributed by atoms with Gasteiger partial charge in [0.2, 0.25) is 0 Å². The van der Waals surface area contributed by atoms with Crippen LogP contribution in [0.3, 0.4) is 0 Å². The van der Waals surface area contributed by atoms with Crippen LogP contribution < -0.4 is 0 Å². The van der Waals surface area contributed by atoms with Crippen LogP contribution in [0.1, 0.15) is 40.0 Å². The first-order chi connectivity index (χ1) is 9.48. The lowest BCUT2D eigenvalue weighted by Crippen LogP contribution is -2.64. The topological polar surface area (TPSA) is 24.9 Å². The van der Waals surface area contributed by atoms with Crippen LogP contribution in [-0.2, 0) is 9.57 Å². The summed E-state index contributed by atoms with van der Waals surface area (Å²) in [6.45, 7) is 9.25. The highest BCUT2D eigenvalue weighted by Crippen LogP contribution is 2.50. The molecule has 4 rings (SSSR count). The van der Waals surface area contributed by atoms with Gasteiger partial charge in [0.25, 0.3) is 0 Å². The summed E-state index contributed by atoms with van der Waals surface area (Å²) < 4.78 is 6.61. The molecule has 3 saturated heterocycles. The SMILES string of the molecule is C[C@@H]1CC[C@@H]2[C@@H](C1)O[C@H]1[C@H]3[C@H](CON3C)CN1C2(C)C. The van der Waals surface area contributed by atoms with Crippen LogP contribution in [0.15, 0.2) is 0 Å². The molecule has 0 bridgehead atoms. The summed E-state index contributed by atoms with van der Waals surface area (Å²) in [6, 6.07) is 0.424. The minimum absolute atomic E-state index is 0.231. The number of nitrogens with zero attached hydrogens (tertiary/aromatic N) is 2. The lowest BCUT2D eigenvalue weighted by Gasteiger charge is -2.56. The van der Waals surface area contributed by atoms with E-state index in [1.54, 1.807) is 0 Å². The molecular formula is C16H28N2O2. The van der Waals surface area contributed by atoms with Crippen molar-refractivity contribution in [2.24, 2.45) is 17.8 Å². The molecule has 20 heavy (non-hydrogen) atoms. The molecule has 1 saturated carbocycles. The minimum Gasteiger partial charge on any atom is -0.358 e. The van der Waals surface area contributed by atoms with Crippen LogP contribution in [-0.4, -0.2) is 54.1 Å². The molecule has 4 fully saturated rings. The first-order valence-electron chi connectivity index (χ1n) is 8.26. The quantitative estimate of drug-likeness (QED) is 0.678. The Morgan fingerprint density at radius 3 is 2.80 bits per heavy atom. The fourth-order valence-electron chi connectivity index (χ4n) is 5.21. The van der Waals surface area contributed by atoms with Crippen LogP contribution in [0.25, 0.3) is 0 Å². The fourth-order valence-corrected chi connectivity index (χ4v) is 5.21. The van der Waals surface area contributed by atoms with Crippen LogP contribution in [0.5, 0.6) is 0 Å². The number of likely N-dealkylation sites (N-methyl/N-ethyl adjacent to an activating group) is 1. The number of hydrogen-bond acceptors (Lipinski definition) is 4.